The molecule has 110 valence electrons. The molecule has 0 saturated carbocycles. The number of aliphatic hydroxyl groups excluding tert-OH is 1. The molecule has 3 heterocycles. The Morgan fingerprint density at radius 1 is 1.45 bits per heavy atom. The molecule has 1 fully saturated rings. The Hall–Kier alpha value is -1.36. The van der Waals surface area contributed by atoms with E-state index in [4.69, 9.17) is 4.74 Å². The van der Waals surface area contributed by atoms with Crippen molar-refractivity contribution in [1.82, 2.24) is 9.55 Å². The van der Waals surface area contributed by atoms with E-state index >= 15 is 0 Å². The molecule has 0 radical (unpaired) electrons. The highest BCUT2D eigenvalue weighted by Gasteiger charge is 2.37. The summed E-state index contributed by atoms with van der Waals surface area (Å²) in [7, 11) is 0. The topological polar surface area (TPSA) is 50.3 Å². The highest BCUT2D eigenvalue weighted by atomic mass is 16.5. The highest BCUT2D eigenvalue weighted by molar-refractivity contribution is 5.74. The van der Waals surface area contributed by atoms with E-state index in [0.29, 0.717) is 17.7 Å². The van der Waals surface area contributed by atoms with Gasteiger partial charge < -0.3 is 14.4 Å². The van der Waals surface area contributed by atoms with Gasteiger partial charge >= 0.3 is 5.90 Å². The summed E-state index contributed by atoms with van der Waals surface area (Å²) >= 11 is 0. The third kappa shape index (κ3) is 2.46. The predicted molar refractivity (Wildman–Crippen MR) is 76.1 cm³/mol. The molecule has 1 aromatic heterocycles. The smallest absolute Gasteiger partial charge is 0.358 e. The van der Waals surface area contributed by atoms with Gasteiger partial charge in [0.05, 0.1) is 12.5 Å². The summed E-state index contributed by atoms with van der Waals surface area (Å²) in [5, 5.41) is 10.7. The second-order valence-corrected chi connectivity index (χ2v) is 6.28. The third-order valence-electron chi connectivity index (χ3n) is 4.44. The minimum atomic E-state index is 0.0149. The molecule has 5 heteroatoms. The summed E-state index contributed by atoms with van der Waals surface area (Å²) in [6.45, 7) is 7.66. The number of ether oxygens (including phenoxy) is 1. The van der Waals surface area contributed by atoms with Crippen LogP contribution in [-0.2, 0) is 11.3 Å². The van der Waals surface area contributed by atoms with Crippen LogP contribution >= 0.6 is 0 Å². The summed E-state index contributed by atoms with van der Waals surface area (Å²) in [6, 6.07) is 0.0149. The number of fused-ring (bicyclic) bond motifs is 1. The standard InChI is InChI=1S/C15H23N3O2/c1-11(2)14-15(19)17(8-12-3-5-20-6-4-12)9-13-7-16-10-18(13)14/h7,10-12,14H,3-6,8-9H2,1-2H3/p+1. The number of imidazole rings is 1. The van der Waals surface area contributed by atoms with E-state index in [1.165, 1.54) is 5.69 Å². The first-order chi connectivity index (χ1) is 9.66. The maximum atomic E-state index is 10.7. The molecule has 0 aromatic carbocycles. The van der Waals surface area contributed by atoms with Crippen LogP contribution in [0.1, 0.15) is 38.4 Å². The van der Waals surface area contributed by atoms with Crippen LogP contribution in [-0.4, -0.2) is 44.9 Å². The van der Waals surface area contributed by atoms with Crippen molar-refractivity contribution in [3.05, 3.63) is 18.2 Å². The predicted octanol–water partition coefficient (Wildman–Crippen LogP) is 1.99. The van der Waals surface area contributed by atoms with Gasteiger partial charge in [-0.3, -0.25) is 0 Å². The van der Waals surface area contributed by atoms with Gasteiger partial charge in [-0.05, 0) is 18.8 Å². The summed E-state index contributed by atoms with van der Waals surface area (Å²) < 4.78 is 9.67. The Morgan fingerprint density at radius 3 is 2.90 bits per heavy atom. The van der Waals surface area contributed by atoms with Crippen molar-refractivity contribution >= 4 is 5.90 Å². The highest BCUT2D eigenvalue weighted by Crippen LogP contribution is 2.26. The monoisotopic (exact) mass is 278 g/mol. The Bertz CT molecular complexity index is 501. The van der Waals surface area contributed by atoms with E-state index in [0.717, 1.165) is 39.1 Å². The van der Waals surface area contributed by atoms with Crippen molar-refractivity contribution in [2.75, 3.05) is 19.8 Å². The molecule has 2 aliphatic rings. The van der Waals surface area contributed by atoms with Gasteiger partial charge in [0.15, 0.2) is 12.6 Å². The lowest BCUT2D eigenvalue weighted by molar-refractivity contribution is -0.565. The van der Waals surface area contributed by atoms with Crippen molar-refractivity contribution < 1.29 is 14.4 Å². The molecule has 3 rings (SSSR count). The second kappa shape index (κ2) is 5.56. The molecule has 1 atom stereocenters. The lowest BCUT2D eigenvalue weighted by atomic mass is 9.98. The van der Waals surface area contributed by atoms with E-state index in [2.05, 4.69) is 28.0 Å². The lowest BCUT2D eigenvalue weighted by Gasteiger charge is -2.27. The summed E-state index contributed by atoms with van der Waals surface area (Å²) in [5.74, 6) is 1.46. The first kappa shape index (κ1) is 13.6. The fraction of sp³-hybridized carbons (Fsp3) is 0.733. The second-order valence-electron chi connectivity index (χ2n) is 6.28. The van der Waals surface area contributed by atoms with Crippen molar-refractivity contribution in [2.45, 2.75) is 39.3 Å². The van der Waals surface area contributed by atoms with Crippen LogP contribution in [0.15, 0.2) is 12.5 Å². The Labute approximate surface area is 119 Å². The molecule has 0 aliphatic carbocycles. The fourth-order valence-corrected chi connectivity index (χ4v) is 3.31. The molecule has 5 nitrogen and oxygen atoms in total. The number of rotatable bonds is 3. The minimum absolute atomic E-state index is 0.0149. The molecule has 20 heavy (non-hydrogen) atoms. The van der Waals surface area contributed by atoms with Gasteiger partial charge in [-0.1, -0.05) is 13.8 Å². The van der Waals surface area contributed by atoms with Gasteiger partial charge in [-0.15, -0.1) is 0 Å². The molecular weight excluding hydrogens is 254 g/mol. The van der Waals surface area contributed by atoms with Crippen LogP contribution in [0.5, 0.6) is 0 Å². The third-order valence-corrected chi connectivity index (χ3v) is 4.44. The number of aliphatic hydroxyl groups is 1. The molecule has 1 N–H and O–H groups in total. The van der Waals surface area contributed by atoms with Gasteiger partial charge in [0, 0.05) is 19.1 Å². The quantitative estimate of drug-likeness (QED) is 0.860. The van der Waals surface area contributed by atoms with Crippen molar-refractivity contribution in [2.24, 2.45) is 11.8 Å². The minimum Gasteiger partial charge on any atom is -0.462 e. The zero-order valence-corrected chi connectivity index (χ0v) is 12.3. The number of hydrogen-bond donors (Lipinski definition) is 1. The van der Waals surface area contributed by atoms with Crippen LogP contribution < -0.4 is 0 Å². The molecule has 2 aliphatic heterocycles. The number of nitrogens with zero attached hydrogens (tertiary/aromatic N) is 3. The molecule has 1 saturated heterocycles. The zero-order chi connectivity index (χ0) is 14.1. The van der Waals surface area contributed by atoms with Crippen molar-refractivity contribution in [1.29, 1.82) is 0 Å². The molecule has 1 aromatic rings. The molecule has 0 amide bonds. The molecule has 0 spiro atoms. The van der Waals surface area contributed by atoms with Gasteiger partial charge in [0.1, 0.15) is 12.2 Å². The average molecular weight is 278 g/mol. The summed E-state index contributed by atoms with van der Waals surface area (Å²) in [6.07, 6.45) is 5.94. The van der Waals surface area contributed by atoms with E-state index < -0.39 is 0 Å². The molecule has 0 bridgehead atoms. The Kier molecular flexibility index (Phi) is 3.78. The van der Waals surface area contributed by atoms with Crippen LogP contribution in [0.2, 0.25) is 0 Å². The SMILES string of the molecule is CC(C)C1C(O)=[N+](CC2CCOCC2)Cc2cncn21. The number of aromatic nitrogens is 2. The largest absolute Gasteiger partial charge is 0.462 e. The fourth-order valence-electron chi connectivity index (χ4n) is 3.31. The molecule has 1 unspecified atom stereocenters. The summed E-state index contributed by atoms with van der Waals surface area (Å²) in [5.41, 5.74) is 1.19. The maximum absolute atomic E-state index is 10.7. The first-order valence-electron chi connectivity index (χ1n) is 7.56. The van der Waals surface area contributed by atoms with Crippen LogP contribution in [0.3, 0.4) is 0 Å². The van der Waals surface area contributed by atoms with E-state index in [1.807, 2.05) is 12.5 Å². The normalized spacial score (nSPS) is 24.2. The van der Waals surface area contributed by atoms with E-state index in [9.17, 15) is 5.11 Å². The number of hydrogen-bond acceptors (Lipinski definition) is 2. The maximum Gasteiger partial charge on any atom is 0.358 e. The summed E-state index contributed by atoms with van der Waals surface area (Å²) in [4.78, 5) is 4.24. The Balaban J connectivity index is 1.83. The average Bonchev–Trinajstić information content (AvgIpc) is 2.87. The van der Waals surface area contributed by atoms with Crippen LogP contribution in [0.25, 0.3) is 0 Å². The van der Waals surface area contributed by atoms with Crippen molar-refractivity contribution in [3.8, 4) is 0 Å². The van der Waals surface area contributed by atoms with Gasteiger partial charge in [-0.2, -0.15) is 4.58 Å². The van der Waals surface area contributed by atoms with Gasteiger partial charge in [0.25, 0.3) is 0 Å². The Morgan fingerprint density at radius 2 is 2.20 bits per heavy atom. The van der Waals surface area contributed by atoms with Gasteiger partial charge in [-0.25, -0.2) is 4.98 Å². The van der Waals surface area contributed by atoms with E-state index in [-0.39, 0.29) is 6.04 Å². The van der Waals surface area contributed by atoms with E-state index in [1.54, 1.807) is 0 Å². The van der Waals surface area contributed by atoms with Crippen LogP contribution in [0.4, 0.5) is 0 Å². The first-order valence-corrected chi connectivity index (χ1v) is 7.56. The zero-order valence-electron chi connectivity index (χ0n) is 12.3. The molecular formula is C15H24N3O2+. The van der Waals surface area contributed by atoms with Crippen molar-refractivity contribution in [3.63, 3.8) is 0 Å². The lowest BCUT2D eigenvalue weighted by Crippen LogP contribution is -2.40. The van der Waals surface area contributed by atoms with Gasteiger partial charge in [0.2, 0.25) is 0 Å². The van der Waals surface area contributed by atoms with Crippen LogP contribution in [0, 0.1) is 11.8 Å².